The maximum Gasteiger partial charge on any atom is 0.268 e. The van der Waals surface area contributed by atoms with E-state index in [0.717, 1.165) is 20.8 Å². The molecule has 11 nitrogen and oxygen atoms in total. The van der Waals surface area contributed by atoms with Gasteiger partial charge in [0.2, 0.25) is 5.95 Å². The molecule has 0 aliphatic carbocycles. The van der Waals surface area contributed by atoms with Crippen molar-refractivity contribution < 1.29 is 26.0 Å². The molecule has 1 fully saturated rings. The minimum Gasteiger partial charge on any atom is -0.487 e. The van der Waals surface area contributed by atoms with E-state index in [1.54, 1.807) is 67.0 Å². The fraction of sp³-hybridized carbons (Fsp3) is 0.270. The van der Waals surface area contributed by atoms with E-state index in [1.807, 2.05) is 25.1 Å². The van der Waals surface area contributed by atoms with E-state index in [4.69, 9.17) is 14.7 Å². The summed E-state index contributed by atoms with van der Waals surface area (Å²) in [5.41, 5.74) is 3.01. The summed E-state index contributed by atoms with van der Waals surface area (Å²) < 4.78 is 72.6. The lowest BCUT2D eigenvalue weighted by Crippen LogP contribution is -2.40. The van der Waals surface area contributed by atoms with Gasteiger partial charge in [-0.25, -0.2) is 40.2 Å². The lowest BCUT2D eigenvalue weighted by Gasteiger charge is -2.32. The van der Waals surface area contributed by atoms with Crippen LogP contribution in [0.4, 0.5) is 16.0 Å². The summed E-state index contributed by atoms with van der Waals surface area (Å²) >= 11 is 1.50. The van der Waals surface area contributed by atoms with Crippen LogP contribution in [0, 0.1) is 5.82 Å². The molecule has 15 heteroatoms. The summed E-state index contributed by atoms with van der Waals surface area (Å²) in [5, 5.41) is 4.77. The Labute approximate surface area is 306 Å². The van der Waals surface area contributed by atoms with Crippen LogP contribution in [0.15, 0.2) is 96.2 Å². The first kappa shape index (κ1) is 35.7. The Morgan fingerprint density at radius 1 is 0.962 bits per heavy atom. The van der Waals surface area contributed by atoms with E-state index < -0.39 is 25.7 Å². The number of hydrogen-bond donors (Lipinski definition) is 1. The summed E-state index contributed by atoms with van der Waals surface area (Å²) in [6, 6.07) is 22.2. The zero-order valence-corrected chi connectivity index (χ0v) is 31.0. The third-order valence-electron chi connectivity index (χ3n) is 8.89. The Morgan fingerprint density at radius 2 is 1.75 bits per heavy atom. The average molecular weight is 761 g/mol. The van der Waals surface area contributed by atoms with Gasteiger partial charge >= 0.3 is 0 Å². The fourth-order valence-electron chi connectivity index (χ4n) is 6.13. The second-order valence-corrected chi connectivity index (χ2v) is 17.8. The molecule has 7 rings (SSSR count). The van der Waals surface area contributed by atoms with E-state index in [0.29, 0.717) is 61.5 Å². The molecule has 0 saturated carbocycles. The minimum atomic E-state index is -3.82. The van der Waals surface area contributed by atoms with Crippen molar-refractivity contribution in [2.24, 2.45) is 0 Å². The van der Waals surface area contributed by atoms with Crippen LogP contribution in [-0.4, -0.2) is 78.4 Å². The predicted molar refractivity (Wildman–Crippen MR) is 202 cm³/mol. The number of aryl methyl sites for hydroxylation is 1. The Morgan fingerprint density at radius 3 is 2.48 bits per heavy atom. The van der Waals surface area contributed by atoms with Gasteiger partial charge in [-0.1, -0.05) is 37.3 Å². The molecule has 1 aliphatic rings. The highest BCUT2D eigenvalue weighted by Crippen LogP contribution is 2.38. The standard InChI is InChI=1S/C37H37FN6O5S3/c1-3-34-42-35(26-10-9-25-14-20-44(32(25)23-26)52(47,48)29-7-5-4-6-8-29)36(50-34)31-13-17-39-37(41-31)40-27-11-12-33(30(38)24-27)49-28-15-18-43(19-16-28)21-22-51(2,45)46/h4-14,17,20,23-24,28H,3,15-16,18-19,21-22H2,1-2H3,(H,39,40,41). The van der Waals surface area contributed by atoms with Gasteiger partial charge in [-0.3, -0.25) is 0 Å². The van der Waals surface area contributed by atoms with Crippen LogP contribution >= 0.6 is 11.3 Å². The van der Waals surface area contributed by atoms with Gasteiger partial charge in [-0.2, -0.15) is 0 Å². The van der Waals surface area contributed by atoms with Crippen molar-refractivity contribution in [2.45, 2.75) is 37.2 Å². The number of halogens is 1. The summed E-state index contributed by atoms with van der Waals surface area (Å²) in [4.78, 5) is 17.1. The maximum atomic E-state index is 15.2. The third kappa shape index (κ3) is 7.87. The number of nitrogens with one attached hydrogen (secondary N) is 1. The van der Waals surface area contributed by atoms with Crippen molar-refractivity contribution in [1.29, 1.82) is 0 Å². The quantitative estimate of drug-likeness (QED) is 0.142. The Kier molecular flexibility index (Phi) is 10.1. The van der Waals surface area contributed by atoms with Crippen molar-refractivity contribution in [3.05, 3.63) is 102 Å². The second kappa shape index (κ2) is 14.7. The number of fused-ring (bicyclic) bond motifs is 1. The van der Waals surface area contributed by atoms with Crippen molar-refractivity contribution >= 4 is 53.7 Å². The molecule has 3 aromatic heterocycles. The first-order chi connectivity index (χ1) is 25.0. The Bertz CT molecular complexity index is 2440. The number of rotatable bonds is 12. The molecular weight excluding hydrogens is 724 g/mol. The first-order valence-electron chi connectivity index (χ1n) is 16.9. The Hall–Kier alpha value is -4.70. The predicted octanol–water partition coefficient (Wildman–Crippen LogP) is 6.79. The number of thiazole rings is 1. The lowest BCUT2D eigenvalue weighted by atomic mass is 10.1. The van der Waals surface area contributed by atoms with Crippen LogP contribution in [0.25, 0.3) is 32.7 Å². The molecule has 1 saturated heterocycles. The third-order valence-corrected chi connectivity index (χ3v) is 12.7. The van der Waals surface area contributed by atoms with E-state index in [1.165, 1.54) is 27.6 Å². The monoisotopic (exact) mass is 760 g/mol. The minimum absolute atomic E-state index is 0.120. The molecule has 0 radical (unpaired) electrons. The van der Waals surface area contributed by atoms with Crippen molar-refractivity contribution in [3.8, 4) is 27.6 Å². The lowest BCUT2D eigenvalue weighted by molar-refractivity contribution is 0.100. The summed E-state index contributed by atoms with van der Waals surface area (Å²) in [6.07, 6.45) is 6.31. The van der Waals surface area contributed by atoms with Gasteiger partial charge in [0.25, 0.3) is 10.0 Å². The molecular formula is C37H37FN6O5S3. The van der Waals surface area contributed by atoms with Gasteiger partial charge in [0.1, 0.15) is 15.9 Å². The highest BCUT2D eigenvalue weighted by Gasteiger charge is 2.24. The SMILES string of the molecule is CCc1nc(-c2ccc3ccn(S(=O)(=O)c4ccccc4)c3c2)c(-c2ccnc(Nc3ccc(OC4CCN(CCS(C)(=O)=O)CC4)c(F)c3)n2)s1. The number of sulfone groups is 1. The summed E-state index contributed by atoms with van der Waals surface area (Å²) in [7, 11) is -6.85. The van der Waals surface area contributed by atoms with E-state index in [2.05, 4.69) is 15.2 Å². The van der Waals surface area contributed by atoms with Crippen molar-refractivity contribution in [1.82, 2.24) is 23.8 Å². The number of aromatic nitrogens is 4. The maximum absolute atomic E-state index is 15.2. The van der Waals surface area contributed by atoms with Gasteiger partial charge in [-0.05, 0) is 61.7 Å². The van der Waals surface area contributed by atoms with Crippen LogP contribution < -0.4 is 10.1 Å². The van der Waals surface area contributed by atoms with E-state index in [9.17, 15) is 16.8 Å². The number of hydrogen-bond acceptors (Lipinski definition) is 11. The van der Waals surface area contributed by atoms with Crippen LogP contribution in [0.1, 0.15) is 24.8 Å². The van der Waals surface area contributed by atoms with Crippen molar-refractivity contribution in [2.75, 3.05) is 37.0 Å². The average Bonchev–Trinajstić information content (AvgIpc) is 3.78. The zero-order chi connectivity index (χ0) is 36.5. The van der Waals surface area contributed by atoms with E-state index in [-0.39, 0.29) is 28.5 Å². The van der Waals surface area contributed by atoms with Crippen LogP contribution in [0.5, 0.6) is 5.75 Å². The van der Waals surface area contributed by atoms with Crippen molar-refractivity contribution in [3.63, 3.8) is 0 Å². The second-order valence-electron chi connectivity index (χ2n) is 12.7. The fourth-order valence-corrected chi connectivity index (χ4v) is 9.08. The van der Waals surface area contributed by atoms with Crippen LogP contribution in [0.3, 0.4) is 0 Å². The van der Waals surface area contributed by atoms with Gasteiger partial charge in [0, 0.05) is 61.0 Å². The highest BCUT2D eigenvalue weighted by atomic mass is 32.2. The van der Waals surface area contributed by atoms with Gasteiger partial charge in [0.15, 0.2) is 11.6 Å². The number of anilines is 2. The molecule has 1 aliphatic heterocycles. The molecule has 0 amide bonds. The van der Waals surface area contributed by atoms with Gasteiger partial charge in [-0.15, -0.1) is 11.3 Å². The molecule has 6 aromatic rings. The zero-order valence-electron chi connectivity index (χ0n) is 28.6. The molecule has 270 valence electrons. The molecule has 1 N–H and O–H groups in total. The number of likely N-dealkylation sites (tertiary alicyclic amines) is 1. The van der Waals surface area contributed by atoms with E-state index >= 15 is 4.39 Å². The number of nitrogens with zero attached hydrogens (tertiary/aromatic N) is 5. The number of benzene rings is 3. The molecule has 0 unspecified atom stereocenters. The molecule has 0 atom stereocenters. The molecule has 4 heterocycles. The Balaban J connectivity index is 1.09. The first-order valence-corrected chi connectivity index (χ1v) is 21.2. The highest BCUT2D eigenvalue weighted by molar-refractivity contribution is 7.90. The number of ether oxygens (including phenoxy) is 1. The number of piperidine rings is 1. The van der Waals surface area contributed by atoms with Crippen LogP contribution in [0.2, 0.25) is 0 Å². The molecule has 3 aromatic carbocycles. The normalized spacial score (nSPS) is 14.5. The smallest absolute Gasteiger partial charge is 0.268 e. The summed E-state index contributed by atoms with van der Waals surface area (Å²) in [5.74, 6) is 0.0141. The molecule has 0 spiro atoms. The van der Waals surface area contributed by atoms with Gasteiger partial charge in [0.05, 0.1) is 37.4 Å². The summed E-state index contributed by atoms with van der Waals surface area (Å²) in [6.45, 7) is 3.89. The molecule has 0 bridgehead atoms. The topological polar surface area (TPSA) is 136 Å². The molecule has 52 heavy (non-hydrogen) atoms. The largest absolute Gasteiger partial charge is 0.487 e. The van der Waals surface area contributed by atoms with Crippen LogP contribution in [-0.2, 0) is 26.3 Å². The van der Waals surface area contributed by atoms with Gasteiger partial charge < -0.3 is 15.0 Å².